The smallest absolute Gasteiger partial charge is 0.331 e. The van der Waals surface area contributed by atoms with Crippen LogP contribution < -0.4 is 5.32 Å². The molecule has 0 amide bonds. The molecule has 0 aromatic heterocycles. The molecule has 1 aliphatic heterocycles. The van der Waals surface area contributed by atoms with E-state index in [-0.39, 0.29) is 5.69 Å². The van der Waals surface area contributed by atoms with Crippen molar-refractivity contribution >= 4 is 29.3 Å². The summed E-state index contributed by atoms with van der Waals surface area (Å²) >= 11 is 6.01. The van der Waals surface area contributed by atoms with E-state index in [9.17, 15) is 14.9 Å². The van der Waals surface area contributed by atoms with E-state index in [1.54, 1.807) is 0 Å². The second-order valence-electron chi connectivity index (χ2n) is 6.35. The molecule has 1 heterocycles. The molecule has 6 nitrogen and oxygen atoms in total. The van der Waals surface area contributed by atoms with Gasteiger partial charge in [0.25, 0.3) is 5.69 Å². The van der Waals surface area contributed by atoms with Gasteiger partial charge in [0.2, 0.25) is 0 Å². The lowest BCUT2D eigenvalue weighted by Crippen LogP contribution is -2.42. The predicted molar refractivity (Wildman–Crippen MR) is 92.9 cm³/mol. The van der Waals surface area contributed by atoms with E-state index in [2.05, 4.69) is 5.32 Å². The summed E-state index contributed by atoms with van der Waals surface area (Å²) < 4.78 is 5.59. The maximum absolute atomic E-state index is 12.1. The fraction of sp³-hybridized carbons (Fsp3) is 0.471. The number of benzene rings is 1. The highest BCUT2D eigenvalue weighted by molar-refractivity contribution is 6.32. The Hall–Kier alpha value is -1.92. The molecule has 0 bridgehead atoms. The van der Waals surface area contributed by atoms with Crippen molar-refractivity contribution in [3.8, 4) is 0 Å². The zero-order valence-electron chi connectivity index (χ0n) is 13.8. The first-order chi connectivity index (χ1) is 11.3. The molecular formula is C17H21ClN2O4. The van der Waals surface area contributed by atoms with Crippen molar-refractivity contribution in [3.05, 3.63) is 45.0 Å². The minimum atomic E-state index is -0.560. The molecule has 0 saturated carbocycles. The van der Waals surface area contributed by atoms with Crippen LogP contribution in [-0.2, 0) is 9.53 Å². The quantitative estimate of drug-likeness (QED) is 0.379. The number of carbonyl (C=O) groups is 1. The van der Waals surface area contributed by atoms with Crippen molar-refractivity contribution in [3.63, 3.8) is 0 Å². The first kappa shape index (κ1) is 18.4. The molecule has 0 unspecified atom stereocenters. The van der Waals surface area contributed by atoms with E-state index < -0.39 is 16.5 Å². The van der Waals surface area contributed by atoms with Crippen LogP contribution in [0.3, 0.4) is 0 Å². The third-order valence-electron chi connectivity index (χ3n) is 4.28. The average molecular weight is 353 g/mol. The minimum absolute atomic E-state index is 0.0811. The van der Waals surface area contributed by atoms with Crippen LogP contribution in [0.25, 0.3) is 6.08 Å². The van der Waals surface area contributed by atoms with Gasteiger partial charge in [-0.1, -0.05) is 11.6 Å². The van der Waals surface area contributed by atoms with E-state index in [1.165, 1.54) is 30.4 Å². The minimum Gasteiger partial charge on any atom is -0.456 e. The topological polar surface area (TPSA) is 81.5 Å². The van der Waals surface area contributed by atoms with Gasteiger partial charge in [0, 0.05) is 34.7 Å². The number of hydrogen-bond acceptors (Lipinski definition) is 5. The number of halogens is 1. The van der Waals surface area contributed by atoms with Crippen molar-refractivity contribution in [1.82, 2.24) is 5.32 Å². The van der Waals surface area contributed by atoms with Gasteiger partial charge in [-0.2, -0.15) is 0 Å². The number of carbonyl (C=O) groups excluding carboxylic acids is 1. The normalized spacial score (nSPS) is 16.3. The monoisotopic (exact) mass is 352 g/mol. The van der Waals surface area contributed by atoms with Gasteiger partial charge in [-0.05, 0) is 51.9 Å². The van der Waals surface area contributed by atoms with Crippen molar-refractivity contribution in [1.29, 1.82) is 0 Å². The van der Waals surface area contributed by atoms with Crippen molar-refractivity contribution in [2.75, 3.05) is 13.1 Å². The SMILES string of the molecule is CC(C)(OC(=O)/C=C/c1cc([N+](=O)[O-])ccc1Cl)C1CCNCC1. The maximum atomic E-state index is 12.1. The van der Waals surface area contributed by atoms with Gasteiger partial charge in [-0.15, -0.1) is 0 Å². The van der Waals surface area contributed by atoms with Gasteiger partial charge in [-0.25, -0.2) is 4.79 Å². The number of nitro benzene ring substituents is 1. The second kappa shape index (κ2) is 7.77. The van der Waals surface area contributed by atoms with Crippen LogP contribution >= 0.6 is 11.6 Å². The highest BCUT2D eigenvalue weighted by atomic mass is 35.5. The van der Waals surface area contributed by atoms with E-state index in [4.69, 9.17) is 16.3 Å². The van der Waals surface area contributed by atoms with Gasteiger partial charge in [0.1, 0.15) is 5.60 Å². The van der Waals surface area contributed by atoms with E-state index in [1.807, 2.05) is 13.8 Å². The van der Waals surface area contributed by atoms with Gasteiger partial charge in [0.15, 0.2) is 0 Å². The molecule has 1 saturated heterocycles. The molecule has 1 N–H and O–H groups in total. The average Bonchev–Trinajstić information content (AvgIpc) is 2.54. The Kier molecular flexibility index (Phi) is 5.96. The summed E-state index contributed by atoms with van der Waals surface area (Å²) in [5.74, 6) is -0.182. The number of piperidine rings is 1. The Morgan fingerprint density at radius 3 is 2.71 bits per heavy atom. The number of nitrogens with zero attached hydrogens (tertiary/aromatic N) is 1. The fourth-order valence-electron chi connectivity index (χ4n) is 2.82. The molecule has 0 spiro atoms. The summed E-state index contributed by atoms with van der Waals surface area (Å²) in [5, 5.41) is 14.4. The van der Waals surface area contributed by atoms with Crippen LogP contribution in [-0.4, -0.2) is 29.6 Å². The van der Waals surface area contributed by atoms with Crippen molar-refractivity contribution in [2.45, 2.75) is 32.3 Å². The predicted octanol–water partition coefficient (Wildman–Crippen LogP) is 3.58. The Balaban J connectivity index is 2.04. The number of esters is 1. The third-order valence-corrected chi connectivity index (χ3v) is 4.62. The lowest BCUT2D eigenvalue weighted by Gasteiger charge is -2.36. The molecule has 0 radical (unpaired) electrons. The first-order valence-electron chi connectivity index (χ1n) is 7.85. The molecule has 130 valence electrons. The van der Waals surface area contributed by atoms with Gasteiger partial charge >= 0.3 is 5.97 Å². The summed E-state index contributed by atoms with van der Waals surface area (Å²) in [4.78, 5) is 22.4. The summed E-state index contributed by atoms with van der Waals surface area (Å²) in [7, 11) is 0. The molecule has 1 aliphatic rings. The van der Waals surface area contributed by atoms with Crippen LogP contribution in [0.4, 0.5) is 5.69 Å². The Labute approximate surface area is 146 Å². The van der Waals surface area contributed by atoms with Crippen LogP contribution in [0, 0.1) is 16.0 Å². The summed E-state index contributed by atoms with van der Waals surface area (Å²) in [6.45, 7) is 5.67. The Morgan fingerprint density at radius 1 is 1.42 bits per heavy atom. The standard InChI is InChI=1S/C17H21ClN2O4/c1-17(2,13-7-9-19-10-8-13)24-16(21)6-3-12-11-14(20(22)23)4-5-15(12)18/h3-6,11,13,19H,7-10H2,1-2H3/b6-3+. The number of nitrogens with one attached hydrogen (secondary N) is 1. The molecular weight excluding hydrogens is 332 g/mol. The molecule has 1 fully saturated rings. The number of rotatable bonds is 5. The number of ether oxygens (including phenoxy) is 1. The zero-order valence-corrected chi connectivity index (χ0v) is 14.5. The van der Waals surface area contributed by atoms with E-state index in [0.29, 0.717) is 16.5 Å². The molecule has 0 atom stereocenters. The number of nitro groups is 1. The Bertz CT molecular complexity index is 652. The summed E-state index contributed by atoms with van der Waals surface area (Å²) in [5.41, 5.74) is -0.236. The van der Waals surface area contributed by atoms with Crippen LogP contribution in [0.1, 0.15) is 32.3 Å². The third kappa shape index (κ3) is 4.79. The van der Waals surface area contributed by atoms with Gasteiger partial charge < -0.3 is 10.1 Å². The highest BCUT2D eigenvalue weighted by Crippen LogP contribution is 2.29. The van der Waals surface area contributed by atoms with Crippen LogP contribution in [0.15, 0.2) is 24.3 Å². The highest BCUT2D eigenvalue weighted by Gasteiger charge is 2.33. The molecule has 0 aliphatic carbocycles. The molecule has 1 aromatic rings. The Morgan fingerprint density at radius 2 is 2.08 bits per heavy atom. The molecule has 24 heavy (non-hydrogen) atoms. The van der Waals surface area contributed by atoms with Crippen molar-refractivity contribution in [2.24, 2.45) is 5.92 Å². The van der Waals surface area contributed by atoms with E-state index in [0.717, 1.165) is 25.9 Å². The molecule has 2 rings (SSSR count). The lowest BCUT2D eigenvalue weighted by molar-refractivity contribution is -0.384. The number of hydrogen-bond donors (Lipinski definition) is 1. The van der Waals surface area contributed by atoms with Crippen LogP contribution in [0.5, 0.6) is 0 Å². The number of non-ortho nitro benzene ring substituents is 1. The van der Waals surface area contributed by atoms with Gasteiger partial charge in [0.05, 0.1) is 4.92 Å². The summed E-state index contributed by atoms with van der Waals surface area (Å²) in [6, 6.07) is 4.08. The van der Waals surface area contributed by atoms with Crippen molar-refractivity contribution < 1.29 is 14.5 Å². The summed E-state index contributed by atoms with van der Waals surface area (Å²) in [6.07, 6.45) is 4.62. The largest absolute Gasteiger partial charge is 0.456 e. The second-order valence-corrected chi connectivity index (χ2v) is 6.75. The lowest BCUT2D eigenvalue weighted by atomic mass is 9.83. The van der Waals surface area contributed by atoms with E-state index >= 15 is 0 Å². The molecule has 7 heteroatoms. The van der Waals surface area contributed by atoms with Gasteiger partial charge in [-0.3, -0.25) is 10.1 Å². The fourth-order valence-corrected chi connectivity index (χ4v) is 3.00. The molecule has 1 aromatic carbocycles. The first-order valence-corrected chi connectivity index (χ1v) is 8.23. The maximum Gasteiger partial charge on any atom is 0.331 e. The zero-order chi connectivity index (χ0) is 17.7. The van der Waals surface area contributed by atoms with Crippen LogP contribution in [0.2, 0.25) is 5.02 Å².